The monoisotopic (exact) mass is 249 g/mol. The molecule has 0 unspecified atom stereocenters. The molecule has 0 saturated carbocycles. The summed E-state index contributed by atoms with van der Waals surface area (Å²) in [5, 5.41) is 18.3. The minimum absolute atomic E-state index is 0.0543. The molecule has 0 aliphatic rings. The molecule has 0 amide bonds. The number of nitrogens with two attached hydrogens (primary N) is 1. The summed E-state index contributed by atoms with van der Waals surface area (Å²) in [4.78, 5) is 10.2. The number of hydrogen-bond donors (Lipinski definition) is 1. The number of rotatable bonds is 3. The van der Waals surface area contributed by atoms with E-state index >= 15 is 0 Å². The summed E-state index contributed by atoms with van der Waals surface area (Å²) in [5.74, 6) is 0.632. The lowest BCUT2D eigenvalue weighted by atomic mass is 10.2. The number of ether oxygens (including phenoxy) is 1. The van der Waals surface area contributed by atoms with Crippen LogP contribution in [0, 0.1) is 17.0 Å². The van der Waals surface area contributed by atoms with Crippen LogP contribution in [0.25, 0.3) is 5.69 Å². The van der Waals surface area contributed by atoms with Crippen molar-refractivity contribution < 1.29 is 9.66 Å². The Bertz CT molecular complexity index is 608. The van der Waals surface area contributed by atoms with Crippen LogP contribution in [0.2, 0.25) is 0 Å². The molecule has 0 bridgehead atoms. The molecule has 0 aliphatic heterocycles. The van der Waals surface area contributed by atoms with Crippen LogP contribution in [0.4, 0.5) is 11.5 Å². The van der Waals surface area contributed by atoms with Crippen LogP contribution in [-0.4, -0.2) is 27.0 Å². The fraction of sp³-hybridized carbons (Fsp3) is 0.200. The zero-order valence-corrected chi connectivity index (χ0v) is 9.82. The third kappa shape index (κ3) is 1.83. The van der Waals surface area contributed by atoms with Gasteiger partial charge in [-0.3, -0.25) is 10.1 Å². The minimum Gasteiger partial charge on any atom is -0.494 e. The molecule has 1 aromatic carbocycles. The molecule has 0 fully saturated rings. The van der Waals surface area contributed by atoms with Crippen LogP contribution in [0.1, 0.15) is 5.69 Å². The lowest BCUT2D eigenvalue weighted by Gasteiger charge is -2.08. The van der Waals surface area contributed by atoms with E-state index in [0.717, 1.165) is 0 Å². The van der Waals surface area contributed by atoms with Crippen molar-refractivity contribution in [1.82, 2.24) is 15.0 Å². The summed E-state index contributed by atoms with van der Waals surface area (Å²) in [5.41, 5.74) is 6.74. The smallest absolute Gasteiger partial charge is 0.273 e. The quantitative estimate of drug-likeness (QED) is 0.643. The Labute approximate surface area is 102 Å². The van der Waals surface area contributed by atoms with E-state index < -0.39 is 4.92 Å². The van der Waals surface area contributed by atoms with Crippen LogP contribution >= 0.6 is 0 Å². The van der Waals surface area contributed by atoms with Crippen LogP contribution in [0.5, 0.6) is 5.75 Å². The SMILES string of the molecule is COc1cc([N+](=O)[O-])ccc1-n1nnc(N)c1C. The zero-order valence-electron chi connectivity index (χ0n) is 9.82. The van der Waals surface area contributed by atoms with E-state index in [0.29, 0.717) is 22.9 Å². The molecular weight excluding hydrogens is 238 g/mol. The second-order valence-corrected chi connectivity index (χ2v) is 3.59. The predicted octanol–water partition coefficient (Wildman–Crippen LogP) is 1.07. The molecule has 2 rings (SSSR count). The largest absolute Gasteiger partial charge is 0.494 e. The average molecular weight is 249 g/mol. The summed E-state index contributed by atoms with van der Waals surface area (Å²) in [6.07, 6.45) is 0. The molecule has 2 aromatic rings. The normalized spacial score (nSPS) is 10.3. The molecule has 1 aromatic heterocycles. The van der Waals surface area contributed by atoms with Crippen LogP contribution in [-0.2, 0) is 0 Å². The Morgan fingerprint density at radius 3 is 2.72 bits per heavy atom. The first kappa shape index (κ1) is 11.8. The number of nitro groups is 1. The van der Waals surface area contributed by atoms with Gasteiger partial charge in [0.25, 0.3) is 5.69 Å². The van der Waals surface area contributed by atoms with E-state index in [1.165, 1.54) is 30.0 Å². The van der Waals surface area contributed by atoms with E-state index in [4.69, 9.17) is 10.5 Å². The summed E-state index contributed by atoms with van der Waals surface area (Å²) in [6.45, 7) is 1.75. The highest BCUT2D eigenvalue weighted by molar-refractivity contribution is 5.54. The van der Waals surface area contributed by atoms with Crippen molar-refractivity contribution >= 4 is 11.5 Å². The second kappa shape index (κ2) is 4.32. The van der Waals surface area contributed by atoms with Gasteiger partial charge in [-0.25, -0.2) is 4.68 Å². The van der Waals surface area contributed by atoms with Gasteiger partial charge in [0.05, 0.1) is 23.8 Å². The fourth-order valence-electron chi connectivity index (χ4n) is 1.52. The topological polar surface area (TPSA) is 109 Å². The number of methoxy groups -OCH3 is 1. The number of non-ortho nitro benzene ring substituents is 1. The molecule has 2 N–H and O–H groups in total. The molecule has 1 heterocycles. The summed E-state index contributed by atoms with van der Waals surface area (Å²) >= 11 is 0. The third-order valence-electron chi connectivity index (χ3n) is 2.53. The zero-order chi connectivity index (χ0) is 13.3. The molecule has 0 spiro atoms. The number of hydrogen-bond acceptors (Lipinski definition) is 6. The predicted molar refractivity (Wildman–Crippen MR) is 63.7 cm³/mol. The summed E-state index contributed by atoms with van der Waals surface area (Å²) < 4.78 is 6.59. The third-order valence-corrected chi connectivity index (χ3v) is 2.53. The van der Waals surface area contributed by atoms with Gasteiger partial charge in [0, 0.05) is 6.07 Å². The van der Waals surface area contributed by atoms with E-state index in [9.17, 15) is 10.1 Å². The number of nitrogen functional groups attached to an aromatic ring is 1. The molecule has 0 saturated heterocycles. The van der Waals surface area contributed by atoms with Gasteiger partial charge in [-0.1, -0.05) is 5.21 Å². The van der Waals surface area contributed by atoms with Gasteiger partial charge >= 0.3 is 0 Å². The molecule has 8 nitrogen and oxygen atoms in total. The van der Waals surface area contributed by atoms with Gasteiger partial charge in [-0.2, -0.15) is 0 Å². The van der Waals surface area contributed by atoms with Gasteiger partial charge < -0.3 is 10.5 Å². The maximum Gasteiger partial charge on any atom is 0.273 e. The average Bonchev–Trinajstić information content (AvgIpc) is 2.69. The first-order chi connectivity index (χ1) is 8.54. The highest BCUT2D eigenvalue weighted by Gasteiger charge is 2.15. The summed E-state index contributed by atoms with van der Waals surface area (Å²) in [7, 11) is 1.43. The van der Waals surface area contributed by atoms with Crippen LogP contribution in [0.3, 0.4) is 0 Å². The van der Waals surface area contributed by atoms with Gasteiger partial charge in [-0.05, 0) is 13.0 Å². The summed E-state index contributed by atoms with van der Waals surface area (Å²) in [6, 6.07) is 4.24. The van der Waals surface area contributed by atoms with Crippen LogP contribution in [0.15, 0.2) is 18.2 Å². The van der Waals surface area contributed by atoms with Crippen molar-refractivity contribution in [2.24, 2.45) is 0 Å². The molecule has 8 heteroatoms. The Kier molecular flexibility index (Phi) is 2.84. The minimum atomic E-state index is -0.491. The molecule has 0 atom stereocenters. The van der Waals surface area contributed by atoms with E-state index in [2.05, 4.69) is 10.3 Å². The number of nitro benzene ring substituents is 1. The Morgan fingerprint density at radius 1 is 1.50 bits per heavy atom. The molecule has 0 radical (unpaired) electrons. The Morgan fingerprint density at radius 2 is 2.22 bits per heavy atom. The molecular formula is C10H11N5O3. The van der Waals surface area contributed by atoms with Gasteiger partial charge in [-0.15, -0.1) is 5.10 Å². The highest BCUT2D eigenvalue weighted by atomic mass is 16.6. The van der Waals surface area contributed by atoms with Crippen molar-refractivity contribution in [2.75, 3.05) is 12.8 Å². The van der Waals surface area contributed by atoms with Gasteiger partial charge in [0.2, 0.25) is 0 Å². The van der Waals surface area contributed by atoms with Crippen molar-refractivity contribution in [2.45, 2.75) is 6.92 Å². The lowest BCUT2D eigenvalue weighted by molar-refractivity contribution is -0.384. The van der Waals surface area contributed by atoms with Crippen molar-refractivity contribution in [3.63, 3.8) is 0 Å². The van der Waals surface area contributed by atoms with Gasteiger partial charge in [0.1, 0.15) is 5.69 Å². The van der Waals surface area contributed by atoms with E-state index in [1.807, 2.05) is 0 Å². The Hall–Kier alpha value is -2.64. The van der Waals surface area contributed by atoms with E-state index in [1.54, 1.807) is 6.92 Å². The maximum absolute atomic E-state index is 10.7. The van der Waals surface area contributed by atoms with Crippen molar-refractivity contribution in [3.8, 4) is 11.4 Å². The number of benzene rings is 1. The maximum atomic E-state index is 10.7. The number of anilines is 1. The Balaban J connectivity index is 2.58. The molecule has 94 valence electrons. The first-order valence-electron chi connectivity index (χ1n) is 5.05. The molecule has 0 aliphatic carbocycles. The highest BCUT2D eigenvalue weighted by Crippen LogP contribution is 2.28. The van der Waals surface area contributed by atoms with Gasteiger partial charge in [0.15, 0.2) is 11.6 Å². The number of nitrogens with zero attached hydrogens (tertiary/aromatic N) is 4. The van der Waals surface area contributed by atoms with E-state index in [-0.39, 0.29) is 5.69 Å². The van der Waals surface area contributed by atoms with Crippen molar-refractivity contribution in [3.05, 3.63) is 34.0 Å². The fourth-order valence-corrected chi connectivity index (χ4v) is 1.52. The van der Waals surface area contributed by atoms with Crippen LogP contribution < -0.4 is 10.5 Å². The first-order valence-corrected chi connectivity index (χ1v) is 5.05. The lowest BCUT2D eigenvalue weighted by Crippen LogP contribution is -2.03. The number of aromatic nitrogens is 3. The second-order valence-electron chi connectivity index (χ2n) is 3.59. The van der Waals surface area contributed by atoms with Crippen molar-refractivity contribution in [1.29, 1.82) is 0 Å². The standard InChI is InChI=1S/C10H11N5O3/c1-6-10(11)12-13-14(6)8-4-3-7(15(16)17)5-9(8)18-2/h3-5H,11H2,1-2H3. The molecule has 18 heavy (non-hydrogen) atoms.